The summed E-state index contributed by atoms with van der Waals surface area (Å²) >= 11 is 0. The molecule has 1 aromatic heterocycles. The van der Waals surface area contributed by atoms with Crippen molar-refractivity contribution in [1.29, 1.82) is 5.26 Å². The Morgan fingerprint density at radius 1 is 1.05 bits per heavy atom. The van der Waals surface area contributed by atoms with Gasteiger partial charge in [-0.1, -0.05) is 0 Å². The highest BCUT2D eigenvalue weighted by molar-refractivity contribution is 5.36. The minimum Gasteiger partial charge on any atom is -0.439 e. The van der Waals surface area contributed by atoms with Crippen LogP contribution in [0.4, 0.5) is 8.78 Å². The lowest BCUT2D eigenvalue weighted by Gasteiger charge is -2.06. The van der Waals surface area contributed by atoms with Crippen LogP contribution in [0.1, 0.15) is 5.56 Å². The lowest BCUT2D eigenvalue weighted by molar-refractivity contribution is -0.0501. The van der Waals surface area contributed by atoms with Crippen molar-refractivity contribution in [2.45, 2.75) is 6.61 Å². The second kappa shape index (κ2) is 5.78. The van der Waals surface area contributed by atoms with E-state index in [1.807, 2.05) is 6.07 Å². The summed E-state index contributed by atoms with van der Waals surface area (Å²) in [6.07, 6.45) is 1.14. The first kappa shape index (κ1) is 12.8. The summed E-state index contributed by atoms with van der Waals surface area (Å²) in [6.45, 7) is -2.88. The number of nitrogens with zero attached hydrogens (tertiary/aromatic N) is 2. The monoisotopic (exact) mass is 262 g/mol. The van der Waals surface area contributed by atoms with Crippen molar-refractivity contribution in [2.75, 3.05) is 0 Å². The van der Waals surface area contributed by atoms with E-state index in [0.29, 0.717) is 11.3 Å². The normalized spacial score (nSPS) is 10.0. The highest BCUT2D eigenvalue weighted by atomic mass is 19.3. The van der Waals surface area contributed by atoms with Crippen LogP contribution < -0.4 is 9.47 Å². The fourth-order valence-corrected chi connectivity index (χ4v) is 1.32. The number of pyridine rings is 1. The minimum atomic E-state index is -2.88. The van der Waals surface area contributed by atoms with E-state index in [-0.39, 0.29) is 11.6 Å². The van der Waals surface area contributed by atoms with Crippen LogP contribution in [0, 0.1) is 11.3 Å². The molecule has 0 radical (unpaired) electrons. The van der Waals surface area contributed by atoms with Gasteiger partial charge in [0, 0.05) is 6.07 Å². The van der Waals surface area contributed by atoms with Gasteiger partial charge in [0.15, 0.2) is 0 Å². The van der Waals surface area contributed by atoms with Crippen LogP contribution in [-0.4, -0.2) is 11.6 Å². The Kier molecular flexibility index (Phi) is 3.88. The third kappa shape index (κ3) is 3.64. The average Bonchev–Trinajstić information content (AvgIpc) is 2.41. The summed E-state index contributed by atoms with van der Waals surface area (Å²) in [4.78, 5) is 3.82. The molecule has 1 heterocycles. The molecule has 0 aliphatic heterocycles. The molecule has 2 aromatic rings. The molecule has 0 aliphatic carbocycles. The Balaban J connectivity index is 2.04. The molecule has 0 aliphatic rings. The Labute approximate surface area is 107 Å². The summed E-state index contributed by atoms with van der Waals surface area (Å²) in [5.74, 6) is 0.697. The van der Waals surface area contributed by atoms with Gasteiger partial charge in [-0.15, -0.1) is 0 Å². The third-order valence-corrected chi connectivity index (χ3v) is 2.14. The van der Waals surface area contributed by atoms with Crippen LogP contribution in [0.2, 0.25) is 0 Å². The quantitative estimate of drug-likeness (QED) is 0.847. The van der Waals surface area contributed by atoms with Crippen LogP contribution >= 0.6 is 0 Å². The van der Waals surface area contributed by atoms with Gasteiger partial charge in [0.25, 0.3) is 0 Å². The Morgan fingerprint density at radius 3 is 2.26 bits per heavy atom. The predicted molar refractivity (Wildman–Crippen MR) is 62.1 cm³/mol. The van der Waals surface area contributed by atoms with Gasteiger partial charge in [-0.3, -0.25) is 0 Å². The zero-order chi connectivity index (χ0) is 13.7. The van der Waals surface area contributed by atoms with Crippen LogP contribution in [0.5, 0.6) is 17.4 Å². The SMILES string of the molecule is N#Cc1ccc(Oc2ccc(OC(F)F)cn2)cc1. The minimum absolute atomic E-state index is 0.0396. The number of nitriles is 1. The summed E-state index contributed by atoms with van der Waals surface area (Å²) < 4.78 is 33.4. The first-order chi connectivity index (χ1) is 9.17. The molecule has 4 nitrogen and oxygen atoms in total. The van der Waals surface area contributed by atoms with Crippen molar-refractivity contribution in [3.8, 4) is 23.4 Å². The lowest BCUT2D eigenvalue weighted by Crippen LogP contribution is -2.02. The van der Waals surface area contributed by atoms with E-state index < -0.39 is 6.61 Å². The van der Waals surface area contributed by atoms with Crippen LogP contribution in [0.3, 0.4) is 0 Å². The summed E-state index contributed by atoms with van der Waals surface area (Å²) in [7, 11) is 0. The number of hydrogen-bond donors (Lipinski definition) is 0. The highest BCUT2D eigenvalue weighted by Crippen LogP contribution is 2.22. The Morgan fingerprint density at radius 2 is 1.74 bits per heavy atom. The van der Waals surface area contributed by atoms with E-state index >= 15 is 0 Å². The van der Waals surface area contributed by atoms with Gasteiger partial charge in [-0.2, -0.15) is 14.0 Å². The summed E-state index contributed by atoms with van der Waals surface area (Å²) in [6, 6.07) is 11.2. The number of alkyl halides is 2. The van der Waals surface area contributed by atoms with Crippen LogP contribution in [-0.2, 0) is 0 Å². The number of hydrogen-bond acceptors (Lipinski definition) is 4. The van der Waals surface area contributed by atoms with E-state index in [1.54, 1.807) is 24.3 Å². The molecule has 6 heteroatoms. The van der Waals surface area contributed by atoms with Gasteiger partial charge in [0.05, 0.1) is 17.8 Å². The van der Waals surface area contributed by atoms with Crippen molar-refractivity contribution < 1.29 is 18.3 Å². The molecule has 0 bridgehead atoms. The van der Waals surface area contributed by atoms with E-state index in [9.17, 15) is 8.78 Å². The smallest absolute Gasteiger partial charge is 0.387 e. The van der Waals surface area contributed by atoms with Crippen LogP contribution in [0.25, 0.3) is 0 Å². The fraction of sp³-hybridized carbons (Fsp3) is 0.0769. The van der Waals surface area contributed by atoms with E-state index in [2.05, 4.69) is 9.72 Å². The van der Waals surface area contributed by atoms with Gasteiger partial charge in [-0.25, -0.2) is 4.98 Å². The maximum atomic E-state index is 11.9. The maximum Gasteiger partial charge on any atom is 0.387 e. The molecule has 0 spiro atoms. The third-order valence-electron chi connectivity index (χ3n) is 2.14. The number of rotatable bonds is 4. The van der Waals surface area contributed by atoms with Gasteiger partial charge in [-0.05, 0) is 30.3 Å². The molecule has 0 saturated heterocycles. The topological polar surface area (TPSA) is 55.1 Å². The Hall–Kier alpha value is -2.68. The number of benzene rings is 1. The molecule has 0 unspecified atom stereocenters. The first-order valence-corrected chi connectivity index (χ1v) is 5.26. The van der Waals surface area contributed by atoms with Gasteiger partial charge in [0.1, 0.15) is 11.5 Å². The van der Waals surface area contributed by atoms with Gasteiger partial charge in [0.2, 0.25) is 5.88 Å². The first-order valence-electron chi connectivity index (χ1n) is 5.26. The zero-order valence-electron chi connectivity index (χ0n) is 9.59. The summed E-state index contributed by atoms with van der Waals surface area (Å²) in [5.41, 5.74) is 0.515. The average molecular weight is 262 g/mol. The van der Waals surface area contributed by atoms with Crippen molar-refractivity contribution in [3.63, 3.8) is 0 Å². The molecule has 0 atom stereocenters. The maximum absolute atomic E-state index is 11.9. The molecule has 1 aromatic carbocycles. The van der Waals surface area contributed by atoms with Crippen molar-refractivity contribution >= 4 is 0 Å². The van der Waals surface area contributed by atoms with E-state index in [4.69, 9.17) is 10.00 Å². The molecule has 0 saturated carbocycles. The molecule has 0 amide bonds. The Bertz CT molecular complexity index is 577. The highest BCUT2D eigenvalue weighted by Gasteiger charge is 2.05. The van der Waals surface area contributed by atoms with Gasteiger partial charge < -0.3 is 9.47 Å². The standard InChI is InChI=1S/C13H8F2N2O2/c14-13(15)19-11-5-6-12(17-8-11)18-10-3-1-9(7-16)2-4-10/h1-6,8,13H. The number of halogens is 2. The van der Waals surface area contributed by atoms with E-state index in [1.165, 1.54) is 12.1 Å². The fourth-order valence-electron chi connectivity index (χ4n) is 1.32. The molecule has 19 heavy (non-hydrogen) atoms. The van der Waals surface area contributed by atoms with E-state index in [0.717, 1.165) is 6.20 Å². The lowest BCUT2D eigenvalue weighted by atomic mass is 10.2. The van der Waals surface area contributed by atoms with Crippen molar-refractivity contribution in [3.05, 3.63) is 48.2 Å². The molecule has 0 N–H and O–H groups in total. The molecular formula is C13H8F2N2O2. The second-order valence-corrected chi connectivity index (χ2v) is 3.45. The molecule has 96 valence electrons. The van der Waals surface area contributed by atoms with Crippen LogP contribution in [0.15, 0.2) is 42.6 Å². The van der Waals surface area contributed by atoms with Crippen molar-refractivity contribution in [1.82, 2.24) is 4.98 Å². The molecule has 0 fully saturated rings. The second-order valence-electron chi connectivity index (χ2n) is 3.45. The van der Waals surface area contributed by atoms with Gasteiger partial charge >= 0.3 is 6.61 Å². The number of ether oxygens (including phenoxy) is 2. The predicted octanol–water partition coefficient (Wildman–Crippen LogP) is 3.35. The number of aromatic nitrogens is 1. The van der Waals surface area contributed by atoms with Crippen molar-refractivity contribution in [2.24, 2.45) is 0 Å². The summed E-state index contributed by atoms with van der Waals surface area (Å²) in [5, 5.41) is 8.64. The zero-order valence-corrected chi connectivity index (χ0v) is 9.59. The molecular weight excluding hydrogens is 254 g/mol. The molecule has 2 rings (SSSR count). The largest absolute Gasteiger partial charge is 0.439 e.